The van der Waals surface area contributed by atoms with Gasteiger partial charge in [0.2, 0.25) is 0 Å². The van der Waals surface area contributed by atoms with Gasteiger partial charge in [0.25, 0.3) is 0 Å². The summed E-state index contributed by atoms with van der Waals surface area (Å²) in [5.74, 6) is 0. The summed E-state index contributed by atoms with van der Waals surface area (Å²) in [5.41, 5.74) is 0. The van der Waals surface area contributed by atoms with Crippen molar-refractivity contribution < 1.29 is 24.8 Å². The molecule has 0 aromatic rings. The van der Waals surface area contributed by atoms with Gasteiger partial charge >= 0.3 is 40.8 Å². The highest BCUT2D eigenvalue weighted by Gasteiger charge is 2.46. The van der Waals surface area contributed by atoms with Gasteiger partial charge in [0.05, 0.1) is 0 Å². The van der Waals surface area contributed by atoms with E-state index in [1.807, 2.05) is 0 Å². The zero-order chi connectivity index (χ0) is 13.2. The number of hydrogen-bond donors (Lipinski definition) is 3. The third-order valence-corrected chi connectivity index (χ3v) is 10.4. The fraction of sp³-hybridized carbons (Fsp3) is 1.00. The van der Waals surface area contributed by atoms with Gasteiger partial charge in [-0.1, -0.05) is 0 Å². The van der Waals surface area contributed by atoms with Crippen molar-refractivity contribution >= 4 is 40.8 Å². The van der Waals surface area contributed by atoms with E-state index >= 15 is 0 Å². The first-order valence-electron chi connectivity index (χ1n) is 4.99. The van der Waals surface area contributed by atoms with Crippen LogP contribution in [0.3, 0.4) is 0 Å². The van der Waals surface area contributed by atoms with Crippen molar-refractivity contribution in [2.24, 2.45) is 0 Å². The Kier molecular flexibility index (Phi) is 6.06. The van der Waals surface area contributed by atoms with Crippen LogP contribution in [0.5, 0.6) is 0 Å². The van der Waals surface area contributed by atoms with Gasteiger partial charge < -0.3 is 24.8 Å². The molecule has 0 spiro atoms. The summed E-state index contributed by atoms with van der Waals surface area (Å²) < 4.78 is 16.0. The molecule has 0 saturated heterocycles. The largest absolute Gasteiger partial charge is 0.876 e. The molecule has 10 heteroatoms. The SMILES string of the molecule is C[Si](C)(O)[O][Al]([O][Si](C)(C)O)[O][Si](C)(C)O. The molecule has 3 N–H and O–H groups in total. The Bertz CT molecular complexity index is 182. The average Bonchev–Trinajstić information content (AvgIpc) is 1.70. The number of rotatable bonds is 6. The Morgan fingerprint density at radius 3 is 0.938 bits per heavy atom. The molecule has 0 aromatic heterocycles. The molecular weight excluding hydrogens is 279 g/mol. The van der Waals surface area contributed by atoms with E-state index in [-0.39, 0.29) is 0 Å². The van der Waals surface area contributed by atoms with E-state index in [0.29, 0.717) is 0 Å². The van der Waals surface area contributed by atoms with Crippen LogP contribution in [-0.4, -0.2) is 55.2 Å². The van der Waals surface area contributed by atoms with Crippen molar-refractivity contribution in [3.8, 4) is 0 Å². The minimum atomic E-state index is -2.79. The summed E-state index contributed by atoms with van der Waals surface area (Å²) in [6.07, 6.45) is 0. The Morgan fingerprint density at radius 1 is 0.625 bits per heavy atom. The maximum atomic E-state index is 9.64. The van der Waals surface area contributed by atoms with Gasteiger partial charge in [-0.25, -0.2) is 0 Å². The molecule has 0 aliphatic rings. The molecule has 0 heterocycles. The molecule has 0 aliphatic heterocycles. The van der Waals surface area contributed by atoms with Crippen molar-refractivity contribution in [2.75, 3.05) is 0 Å². The fourth-order valence-electron chi connectivity index (χ4n) is 0.779. The quantitative estimate of drug-likeness (QED) is 0.603. The third-order valence-electron chi connectivity index (χ3n) is 1.15. The molecule has 0 radical (unpaired) electrons. The van der Waals surface area contributed by atoms with E-state index < -0.39 is 40.8 Å². The molecule has 0 aliphatic carbocycles. The van der Waals surface area contributed by atoms with E-state index in [4.69, 9.17) is 10.4 Å². The summed E-state index contributed by atoms with van der Waals surface area (Å²) in [6.45, 7) is 9.49. The highest BCUT2D eigenvalue weighted by atomic mass is 28.4. The summed E-state index contributed by atoms with van der Waals surface area (Å²) in [4.78, 5) is 28.9. The van der Waals surface area contributed by atoms with Gasteiger partial charge in [-0.3, -0.25) is 0 Å². The molecule has 0 amide bonds. The van der Waals surface area contributed by atoms with Gasteiger partial charge in [0, 0.05) is 0 Å². The van der Waals surface area contributed by atoms with Crippen LogP contribution in [0.15, 0.2) is 0 Å². The molecule has 0 atom stereocenters. The van der Waals surface area contributed by atoms with Crippen LogP contribution < -0.4 is 0 Å². The first-order valence-corrected chi connectivity index (χ1v) is 15.0. The molecule has 0 unspecified atom stereocenters. The monoisotopic (exact) mass is 300 g/mol. The standard InChI is InChI=1S/3C2H7O2Si.Al/c3*1-5(2,3)4;/h3*3H,1-2H3;/q3*-1;+3. The summed E-state index contributed by atoms with van der Waals surface area (Å²) >= 11 is -2.67. The van der Waals surface area contributed by atoms with E-state index in [1.165, 1.54) is 0 Å². The lowest BCUT2D eigenvalue weighted by Gasteiger charge is -2.28. The van der Waals surface area contributed by atoms with E-state index in [2.05, 4.69) is 0 Å². The van der Waals surface area contributed by atoms with Crippen molar-refractivity contribution in [1.29, 1.82) is 0 Å². The zero-order valence-electron chi connectivity index (χ0n) is 10.6. The number of hydrogen-bond acceptors (Lipinski definition) is 6. The van der Waals surface area contributed by atoms with Crippen LogP contribution in [-0.2, 0) is 10.4 Å². The predicted octanol–water partition coefficient (Wildman–Crippen LogP) is 0.103. The molecular formula is C6H21AlO6Si3. The van der Waals surface area contributed by atoms with E-state index in [1.54, 1.807) is 39.3 Å². The molecule has 0 bridgehead atoms. The average molecular weight is 300 g/mol. The lowest BCUT2D eigenvalue weighted by molar-refractivity contribution is 0.222. The maximum Gasteiger partial charge on any atom is 0.876 e. The van der Waals surface area contributed by atoms with Crippen LogP contribution in [0.1, 0.15) is 0 Å². The van der Waals surface area contributed by atoms with Crippen molar-refractivity contribution in [3.05, 3.63) is 0 Å². The molecule has 0 fully saturated rings. The van der Waals surface area contributed by atoms with Gasteiger partial charge in [-0.2, -0.15) is 0 Å². The van der Waals surface area contributed by atoms with Crippen molar-refractivity contribution in [3.63, 3.8) is 0 Å². The molecule has 6 nitrogen and oxygen atoms in total. The highest BCUT2D eigenvalue weighted by Crippen LogP contribution is 2.12. The Morgan fingerprint density at radius 2 is 0.812 bits per heavy atom. The minimum Gasteiger partial charge on any atom is -0.479 e. The maximum absolute atomic E-state index is 9.64. The lowest BCUT2D eigenvalue weighted by Crippen LogP contribution is -2.52. The minimum absolute atomic E-state index is 1.58. The van der Waals surface area contributed by atoms with Crippen LogP contribution >= 0.6 is 0 Å². The van der Waals surface area contributed by atoms with Crippen LogP contribution in [0.25, 0.3) is 0 Å². The van der Waals surface area contributed by atoms with Crippen LogP contribution in [0.4, 0.5) is 0 Å². The molecule has 96 valence electrons. The van der Waals surface area contributed by atoms with Gasteiger partial charge in [-0.15, -0.1) is 0 Å². The Labute approximate surface area is 105 Å². The molecule has 0 saturated carbocycles. The molecule has 16 heavy (non-hydrogen) atoms. The smallest absolute Gasteiger partial charge is 0.479 e. The molecule has 0 aromatic carbocycles. The molecule has 0 rings (SSSR count). The van der Waals surface area contributed by atoms with Gasteiger partial charge in [0.15, 0.2) is 0 Å². The Hall–Kier alpha value is 0.943. The zero-order valence-corrected chi connectivity index (χ0v) is 14.8. The van der Waals surface area contributed by atoms with E-state index in [9.17, 15) is 14.4 Å². The van der Waals surface area contributed by atoms with Crippen molar-refractivity contribution in [2.45, 2.75) is 39.3 Å². The second-order valence-corrected chi connectivity index (χ2v) is 17.1. The third kappa shape index (κ3) is 11.4. The second-order valence-electron chi connectivity index (χ2n) is 4.98. The second kappa shape index (κ2) is 5.72. The first-order chi connectivity index (χ1) is 6.79. The van der Waals surface area contributed by atoms with Crippen LogP contribution in [0, 0.1) is 0 Å². The lowest BCUT2D eigenvalue weighted by atomic mass is 11.9. The van der Waals surface area contributed by atoms with Crippen molar-refractivity contribution in [1.82, 2.24) is 0 Å². The Balaban J connectivity index is 4.53. The van der Waals surface area contributed by atoms with E-state index in [0.717, 1.165) is 0 Å². The topological polar surface area (TPSA) is 88.4 Å². The summed E-state index contributed by atoms with van der Waals surface area (Å²) in [5, 5.41) is 0. The van der Waals surface area contributed by atoms with Crippen LogP contribution in [0.2, 0.25) is 39.3 Å². The summed E-state index contributed by atoms with van der Waals surface area (Å²) in [7, 11) is -8.36. The highest BCUT2D eigenvalue weighted by molar-refractivity contribution is 6.78. The summed E-state index contributed by atoms with van der Waals surface area (Å²) in [6, 6.07) is 0. The predicted molar refractivity (Wildman–Crippen MR) is 68.1 cm³/mol. The van der Waals surface area contributed by atoms with Gasteiger partial charge in [0.1, 0.15) is 0 Å². The normalized spacial score (nSPS) is 14.1. The first kappa shape index (κ1) is 16.9. The fourth-order valence-corrected chi connectivity index (χ4v) is 8.31. The van der Waals surface area contributed by atoms with Gasteiger partial charge in [-0.05, 0) is 39.3 Å².